The second kappa shape index (κ2) is 7.01. The number of rotatable bonds is 4. The van der Waals surface area contributed by atoms with E-state index in [1.165, 1.54) is 11.3 Å². The van der Waals surface area contributed by atoms with Crippen molar-refractivity contribution in [1.82, 2.24) is 14.9 Å². The first-order chi connectivity index (χ1) is 12.6. The number of carbonyl (C=O) groups is 1. The first kappa shape index (κ1) is 16.9. The Kier molecular flexibility index (Phi) is 4.57. The average molecular weight is 368 g/mol. The van der Waals surface area contributed by atoms with Crippen LogP contribution in [-0.4, -0.2) is 52.1 Å². The molecule has 7 heteroatoms. The Morgan fingerprint density at radius 3 is 2.92 bits per heavy atom. The second-order valence-corrected chi connectivity index (χ2v) is 7.38. The molecule has 1 aliphatic heterocycles. The van der Waals surface area contributed by atoms with E-state index in [1.54, 1.807) is 17.3 Å². The van der Waals surface area contributed by atoms with Crippen LogP contribution in [0.25, 0.3) is 10.9 Å². The number of fused-ring (bicyclic) bond motifs is 1. The van der Waals surface area contributed by atoms with Gasteiger partial charge in [-0.1, -0.05) is 24.3 Å². The highest BCUT2D eigenvalue weighted by Crippen LogP contribution is 2.24. The summed E-state index contributed by atoms with van der Waals surface area (Å²) < 4.78 is 0. The van der Waals surface area contributed by atoms with Crippen LogP contribution in [0.15, 0.2) is 41.8 Å². The maximum absolute atomic E-state index is 12.6. The molecule has 0 saturated carbocycles. The van der Waals surface area contributed by atoms with Gasteiger partial charge < -0.3 is 15.3 Å². The number of likely N-dealkylation sites (tertiary alicyclic amines) is 1. The monoisotopic (exact) mass is 368 g/mol. The molecule has 1 saturated heterocycles. The molecule has 134 valence electrons. The molecule has 2 atom stereocenters. The van der Waals surface area contributed by atoms with Crippen molar-refractivity contribution in [2.45, 2.75) is 12.5 Å². The summed E-state index contributed by atoms with van der Waals surface area (Å²) in [4.78, 5) is 23.2. The lowest BCUT2D eigenvalue weighted by atomic mass is 9.99. The van der Waals surface area contributed by atoms with Gasteiger partial charge in [0.1, 0.15) is 5.69 Å². The number of thiazole rings is 1. The molecule has 6 nitrogen and oxygen atoms in total. The number of hydrogen-bond acceptors (Lipinski definition) is 6. The lowest BCUT2D eigenvalue weighted by Crippen LogP contribution is -2.29. The summed E-state index contributed by atoms with van der Waals surface area (Å²) in [7, 11) is 1.78. The third-order valence-corrected chi connectivity index (χ3v) is 5.62. The van der Waals surface area contributed by atoms with Gasteiger partial charge in [-0.15, -0.1) is 11.3 Å². The van der Waals surface area contributed by atoms with Gasteiger partial charge in [-0.25, -0.2) is 4.98 Å². The molecule has 0 unspecified atom stereocenters. The molecule has 0 bridgehead atoms. The minimum atomic E-state index is -0.547. The second-order valence-electron chi connectivity index (χ2n) is 6.52. The van der Waals surface area contributed by atoms with Crippen molar-refractivity contribution in [2.75, 3.05) is 25.5 Å². The average Bonchev–Trinajstić information content (AvgIpc) is 3.28. The standard InChI is InChI=1S/C19H20N4O2S/c1-20-19-22-16(11-26-19)18(25)23-9-13(17(24)10-23)8-14-7-6-12-4-2-3-5-15(12)21-14/h2-7,11,13,17,24H,8-10H2,1H3,(H,20,22)/t13-,17-/m1/s1. The van der Waals surface area contributed by atoms with Crippen LogP contribution in [0.1, 0.15) is 16.2 Å². The number of para-hydroxylation sites is 1. The number of carbonyl (C=O) groups excluding carboxylic acids is 1. The van der Waals surface area contributed by atoms with Crippen LogP contribution in [0.2, 0.25) is 0 Å². The van der Waals surface area contributed by atoms with Crippen molar-refractivity contribution < 1.29 is 9.90 Å². The number of nitrogens with one attached hydrogen (secondary N) is 1. The molecule has 4 rings (SSSR count). The van der Waals surface area contributed by atoms with Gasteiger partial charge in [-0.2, -0.15) is 0 Å². The molecule has 2 N–H and O–H groups in total. The van der Waals surface area contributed by atoms with Crippen LogP contribution < -0.4 is 5.32 Å². The summed E-state index contributed by atoms with van der Waals surface area (Å²) in [5, 5.41) is 16.9. The normalized spacial score (nSPS) is 19.8. The van der Waals surface area contributed by atoms with Crippen molar-refractivity contribution in [2.24, 2.45) is 5.92 Å². The van der Waals surface area contributed by atoms with Gasteiger partial charge in [0, 0.05) is 42.5 Å². The number of amides is 1. The quantitative estimate of drug-likeness (QED) is 0.739. The van der Waals surface area contributed by atoms with Gasteiger partial charge in [0.25, 0.3) is 5.91 Å². The molecule has 2 aromatic heterocycles. The first-order valence-electron chi connectivity index (χ1n) is 8.59. The summed E-state index contributed by atoms with van der Waals surface area (Å²) in [5.74, 6) is -0.147. The number of hydrogen-bond donors (Lipinski definition) is 2. The number of aliphatic hydroxyl groups is 1. The molecule has 1 fully saturated rings. The SMILES string of the molecule is CNc1nc(C(=O)N2C[C@@H](Cc3ccc4ccccc4n3)[C@H](O)C2)cs1. The van der Waals surface area contributed by atoms with Gasteiger partial charge in [-0.3, -0.25) is 9.78 Å². The Hall–Kier alpha value is -2.51. The molecule has 3 aromatic rings. The number of aliphatic hydroxyl groups excluding tert-OH is 1. The molecule has 0 spiro atoms. The van der Waals surface area contributed by atoms with E-state index in [9.17, 15) is 9.90 Å². The zero-order chi connectivity index (χ0) is 18.1. The summed E-state index contributed by atoms with van der Waals surface area (Å²) in [5.41, 5.74) is 2.32. The van der Waals surface area contributed by atoms with Crippen molar-refractivity contribution in [1.29, 1.82) is 0 Å². The predicted octanol–water partition coefficient (Wildman–Crippen LogP) is 2.41. The van der Waals surface area contributed by atoms with E-state index >= 15 is 0 Å². The molecule has 1 aliphatic rings. The molecule has 0 aliphatic carbocycles. The summed E-state index contributed by atoms with van der Waals surface area (Å²) >= 11 is 1.40. The molecule has 3 heterocycles. The zero-order valence-corrected chi connectivity index (χ0v) is 15.2. The zero-order valence-electron chi connectivity index (χ0n) is 14.4. The van der Waals surface area contributed by atoms with Gasteiger partial charge >= 0.3 is 0 Å². The van der Waals surface area contributed by atoms with Gasteiger partial charge in [-0.05, 0) is 18.6 Å². The fourth-order valence-electron chi connectivity index (χ4n) is 3.36. The van der Waals surface area contributed by atoms with Crippen molar-refractivity contribution in [3.8, 4) is 0 Å². The van der Waals surface area contributed by atoms with E-state index in [0.717, 1.165) is 16.6 Å². The lowest BCUT2D eigenvalue weighted by molar-refractivity contribution is 0.0760. The number of pyridine rings is 1. The fraction of sp³-hybridized carbons (Fsp3) is 0.316. The van der Waals surface area contributed by atoms with Crippen LogP contribution in [0.5, 0.6) is 0 Å². The maximum Gasteiger partial charge on any atom is 0.273 e. The summed E-state index contributed by atoms with van der Waals surface area (Å²) in [6.07, 6.45) is 0.101. The Balaban J connectivity index is 1.46. The van der Waals surface area contributed by atoms with Gasteiger partial charge in [0.2, 0.25) is 0 Å². The largest absolute Gasteiger partial charge is 0.391 e. The van der Waals surface area contributed by atoms with Gasteiger partial charge in [0.05, 0.1) is 11.6 Å². The van der Waals surface area contributed by atoms with Crippen LogP contribution in [-0.2, 0) is 6.42 Å². The molecular weight excluding hydrogens is 348 g/mol. The van der Waals surface area contributed by atoms with Crippen molar-refractivity contribution >= 4 is 33.3 Å². The molecule has 0 radical (unpaired) electrons. The minimum Gasteiger partial charge on any atom is -0.391 e. The summed E-state index contributed by atoms with van der Waals surface area (Å²) in [6, 6.07) is 12.0. The highest BCUT2D eigenvalue weighted by atomic mass is 32.1. The third-order valence-electron chi connectivity index (χ3n) is 4.76. The van der Waals surface area contributed by atoms with E-state index in [4.69, 9.17) is 0 Å². The Morgan fingerprint density at radius 1 is 1.27 bits per heavy atom. The smallest absolute Gasteiger partial charge is 0.273 e. The Morgan fingerprint density at radius 2 is 2.12 bits per heavy atom. The molecule has 26 heavy (non-hydrogen) atoms. The topological polar surface area (TPSA) is 78.4 Å². The lowest BCUT2D eigenvalue weighted by Gasteiger charge is -2.14. The van der Waals surface area contributed by atoms with Crippen molar-refractivity contribution in [3.63, 3.8) is 0 Å². The van der Waals surface area contributed by atoms with Crippen LogP contribution in [0.3, 0.4) is 0 Å². The minimum absolute atomic E-state index is 0.0185. The van der Waals surface area contributed by atoms with Gasteiger partial charge in [0.15, 0.2) is 5.13 Å². The predicted molar refractivity (Wildman–Crippen MR) is 103 cm³/mol. The van der Waals surface area contributed by atoms with Crippen LogP contribution in [0.4, 0.5) is 5.13 Å². The number of aromatic nitrogens is 2. The van der Waals surface area contributed by atoms with E-state index in [1.807, 2.05) is 30.3 Å². The molecule has 1 amide bonds. The highest BCUT2D eigenvalue weighted by Gasteiger charge is 2.35. The number of anilines is 1. The van der Waals surface area contributed by atoms with E-state index < -0.39 is 6.10 Å². The third kappa shape index (κ3) is 3.27. The Bertz CT molecular complexity index is 942. The number of benzene rings is 1. The van der Waals surface area contributed by atoms with E-state index in [2.05, 4.69) is 21.4 Å². The number of β-amino-alcohol motifs (C(OH)–C–C–N with tert-alkyl or cyclic N) is 1. The molecule has 1 aromatic carbocycles. The van der Waals surface area contributed by atoms with Crippen LogP contribution in [0, 0.1) is 5.92 Å². The molecular formula is C19H20N4O2S. The Labute approximate surface area is 155 Å². The maximum atomic E-state index is 12.6. The first-order valence-corrected chi connectivity index (χ1v) is 9.47. The highest BCUT2D eigenvalue weighted by molar-refractivity contribution is 7.13. The van der Waals surface area contributed by atoms with E-state index in [0.29, 0.717) is 30.3 Å². The fourth-order valence-corrected chi connectivity index (χ4v) is 4.01. The van der Waals surface area contributed by atoms with Crippen LogP contribution >= 0.6 is 11.3 Å². The van der Waals surface area contributed by atoms with E-state index in [-0.39, 0.29) is 11.8 Å². The summed E-state index contributed by atoms with van der Waals surface area (Å²) in [6.45, 7) is 0.852. The number of nitrogens with zero attached hydrogens (tertiary/aromatic N) is 3. The van der Waals surface area contributed by atoms with Crippen molar-refractivity contribution in [3.05, 3.63) is 53.2 Å².